The minimum atomic E-state index is -0.482. The predicted octanol–water partition coefficient (Wildman–Crippen LogP) is 3.48. The van der Waals surface area contributed by atoms with Crippen LogP contribution in [0.15, 0.2) is 47.4 Å². The number of carbonyl (C=O) groups excluding carboxylic acids is 1. The second kappa shape index (κ2) is 4.67. The molecule has 2 aromatic rings. The molecule has 86 valence electrons. The van der Waals surface area contributed by atoms with Gasteiger partial charge in [0.25, 0.3) is 0 Å². The summed E-state index contributed by atoms with van der Waals surface area (Å²) in [6.07, 6.45) is 0. The van der Waals surface area contributed by atoms with Crippen molar-refractivity contribution >= 4 is 18.4 Å². The van der Waals surface area contributed by atoms with E-state index in [2.05, 4.69) is 12.6 Å². The fraction of sp³-hybridized carbons (Fsp3) is 0. The van der Waals surface area contributed by atoms with Gasteiger partial charge in [-0.1, -0.05) is 0 Å². The van der Waals surface area contributed by atoms with Crippen molar-refractivity contribution in [1.29, 1.82) is 0 Å². The van der Waals surface area contributed by atoms with Crippen molar-refractivity contribution in [2.45, 2.75) is 4.90 Å². The molecule has 0 N–H and O–H groups in total. The molecular formula is C13H8F2OS. The summed E-state index contributed by atoms with van der Waals surface area (Å²) in [4.78, 5) is 12.1. The van der Waals surface area contributed by atoms with Crippen LogP contribution in [0.5, 0.6) is 0 Å². The van der Waals surface area contributed by atoms with Crippen molar-refractivity contribution in [2.24, 2.45) is 0 Å². The second-order valence-corrected chi connectivity index (χ2v) is 3.98. The smallest absolute Gasteiger partial charge is 0.193 e. The van der Waals surface area contributed by atoms with Gasteiger partial charge in [-0.2, -0.15) is 0 Å². The third kappa shape index (κ3) is 2.53. The molecule has 2 aromatic carbocycles. The minimum absolute atomic E-state index is 0.109. The van der Waals surface area contributed by atoms with Gasteiger partial charge in [0.15, 0.2) is 5.78 Å². The minimum Gasteiger partial charge on any atom is -0.289 e. The largest absolute Gasteiger partial charge is 0.289 e. The molecule has 0 aliphatic carbocycles. The van der Waals surface area contributed by atoms with Gasteiger partial charge in [-0.15, -0.1) is 12.6 Å². The highest BCUT2D eigenvalue weighted by atomic mass is 32.1. The molecule has 0 aliphatic rings. The molecule has 0 unspecified atom stereocenters. The first kappa shape index (κ1) is 11.8. The highest BCUT2D eigenvalue weighted by Crippen LogP contribution is 2.17. The Bertz CT molecular complexity index is 564. The molecule has 0 saturated carbocycles. The molecule has 2 rings (SSSR count). The summed E-state index contributed by atoms with van der Waals surface area (Å²) in [5, 5.41) is 0. The summed E-state index contributed by atoms with van der Waals surface area (Å²) in [6.45, 7) is 0. The number of halogens is 2. The molecule has 0 saturated heterocycles. The first-order valence-corrected chi connectivity index (χ1v) is 5.31. The van der Waals surface area contributed by atoms with E-state index < -0.39 is 11.6 Å². The average Bonchev–Trinajstić information content (AvgIpc) is 2.33. The van der Waals surface area contributed by atoms with Gasteiger partial charge in [-0.25, -0.2) is 8.78 Å². The normalized spacial score (nSPS) is 10.3. The lowest BCUT2D eigenvalue weighted by Gasteiger charge is -2.02. The van der Waals surface area contributed by atoms with Gasteiger partial charge in [0.05, 0.1) is 0 Å². The van der Waals surface area contributed by atoms with Crippen LogP contribution in [-0.4, -0.2) is 5.78 Å². The average molecular weight is 250 g/mol. The highest BCUT2D eigenvalue weighted by Gasteiger charge is 2.10. The van der Waals surface area contributed by atoms with Crippen LogP contribution in [-0.2, 0) is 0 Å². The maximum absolute atomic E-state index is 13.0. The standard InChI is InChI=1S/C13H8F2OS/c14-10-4-1-8(2-5-10)13(16)9-3-6-11(15)12(17)7-9/h1-7,17H. The molecule has 0 atom stereocenters. The van der Waals surface area contributed by atoms with E-state index in [-0.39, 0.29) is 10.7 Å². The summed E-state index contributed by atoms with van der Waals surface area (Å²) >= 11 is 3.90. The van der Waals surface area contributed by atoms with Crippen molar-refractivity contribution in [2.75, 3.05) is 0 Å². The third-order valence-corrected chi connectivity index (χ3v) is 2.66. The number of thiol groups is 1. The van der Waals surface area contributed by atoms with E-state index in [1.54, 1.807) is 0 Å². The molecule has 0 aliphatic heterocycles. The summed E-state index contributed by atoms with van der Waals surface area (Å²) in [5.74, 6) is -1.18. The van der Waals surface area contributed by atoms with Gasteiger partial charge in [0, 0.05) is 16.0 Å². The fourth-order valence-corrected chi connectivity index (χ4v) is 1.64. The van der Waals surface area contributed by atoms with Crippen LogP contribution in [0.25, 0.3) is 0 Å². The molecule has 4 heteroatoms. The zero-order chi connectivity index (χ0) is 12.4. The highest BCUT2D eigenvalue weighted by molar-refractivity contribution is 7.80. The second-order valence-electron chi connectivity index (χ2n) is 3.50. The van der Waals surface area contributed by atoms with Crippen molar-refractivity contribution in [3.63, 3.8) is 0 Å². The van der Waals surface area contributed by atoms with Gasteiger partial charge in [-0.3, -0.25) is 4.79 Å². The van der Waals surface area contributed by atoms with Crippen molar-refractivity contribution in [3.8, 4) is 0 Å². The zero-order valence-corrected chi connectivity index (χ0v) is 9.55. The number of hydrogen-bond donors (Lipinski definition) is 1. The molecule has 1 nitrogen and oxygen atoms in total. The molecule has 0 spiro atoms. The van der Waals surface area contributed by atoms with Crippen LogP contribution >= 0.6 is 12.6 Å². The van der Waals surface area contributed by atoms with Crippen molar-refractivity contribution in [1.82, 2.24) is 0 Å². The molecule has 0 bridgehead atoms. The Balaban J connectivity index is 2.37. The van der Waals surface area contributed by atoms with Crippen LogP contribution < -0.4 is 0 Å². The predicted molar refractivity (Wildman–Crippen MR) is 63.5 cm³/mol. The third-order valence-electron chi connectivity index (χ3n) is 2.31. The van der Waals surface area contributed by atoms with Crippen LogP contribution in [0.1, 0.15) is 15.9 Å². The summed E-state index contributed by atoms with van der Waals surface area (Å²) in [5.41, 5.74) is 0.675. The SMILES string of the molecule is O=C(c1ccc(F)cc1)c1ccc(F)c(S)c1. The first-order valence-electron chi connectivity index (χ1n) is 4.87. The Kier molecular flexibility index (Phi) is 3.24. The Labute approximate surface area is 103 Å². The maximum atomic E-state index is 13.0. The number of rotatable bonds is 2. The lowest BCUT2D eigenvalue weighted by molar-refractivity contribution is 0.103. The number of carbonyl (C=O) groups is 1. The number of ketones is 1. The molecule has 0 amide bonds. The lowest BCUT2D eigenvalue weighted by atomic mass is 10.0. The number of hydrogen-bond acceptors (Lipinski definition) is 2. The molecule has 17 heavy (non-hydrogen) atoms. The first-order chi connectivity index (χ1) is 8.08. The zero-order valence-electron chi connectivity index (χ0n) is 8.65. The van der Waals surface area contributed by atoms with E-state index in [0.29, 0.717) is 11.1 Å². The summed E-state index contributed by atoms with van der Waals surface area (Å²) in [6, 6.07) is 9.10. The Hall–Kier alpha value is -1.68. The Morgan fingerprint density at radius 2 is 1.53 bits per heavy atom. The van der Waals surface area contributed by atoms with E-state index in [1.807, 2.05) is 0 Å². The molecule has 0 radical (unpaired) electrons. The van der Waals surface area contributed by atoms with Crippen molar-refractivity contribution in [3.05, 3.63) is 65.2 Å². The lowest BCUT2D eigenvalue weighted by Crippen LogP contribution is -2.01. The van der Waals surface area contributed by atoms with Gasteiger partial charge in [-0.05, 0) is 42.5 Å². The Morgan fingerprint density at radius 1 is 0.941 bits per heavy atom. The van der Waals surface area contributed by atoms with Gasteiger partial charge in [0.1, 0.15) is 11.6 Å². The monoisotopic (exact) mass is 250 g/mol. The van der Waals surface area contributed by atoms with E-state index in [1.165, 1.54) is 42.5 Å². The van der Waals surface area contributed by atoms with Crippen LogP contribution in [0.2, 0.25) is 0 Å². The molecule has 0 aromatic heterocycles. The molecule has 0 fully saturated rings. The van der Waals surface area contributed by atoms with Gasteiger partial charge in [0.2, 0.25) is 0 Å². The van der Waals surface area contributed by atoms with E-state index in [4.69, 9.17) is 0 Å². The topological polar surface area (TPSA) is 17.1 Å². The van der Waals surface area contributed by atoms with Crippen LogP contribution in [0, 0.1) is 11.6 Å². The van der Waals surface area contributed by atoms with Crippen molar-refractivity contribution < 1.29 is 13.6 Å². The molecule has 0 heterocycles. The van der Waals surface area contributed by atoms with E-state index in [0.717, 1.165) is 0 Å². The van der Waals surface area contributed by atoms with Crippen LogP contribution in [0.4, 0.5) is 8.78 Å². The van der Waals surface area contributed by atoms with E-state index >= 15 is 0 Å². The fourth-order valence-electron chi connectivity index (χ4n) is 1.42. The Morgan fingerprint density at radius 3 is 2.12 bits per heavy atom. The van der Waals surface area contributed by atoms with Crippen LogP contribution in [0.3, 0.4) is 0 Å². The summed E-state index contributed by atoms with van der Waals surface area (Å²) in [7, 11) is 0. The van der Waals surface area contributed by atoms with Gasteiger partial charge < -0.3 is 0 Å². The quantitative estimate of drug-likeness (QED) is 0.637. The van der Waals surface area contributed by atoms with Gasteiger partial charge >= 0.3 is 0 Å². The number of benzene rings is 2. The maximum Gasteiger partial charge on any atom is 0.193 e. The van der Waals surface area contributed by atoms with E-state index in [9.17, 15) is 13.6 Å². The molecular weight excluding hydrogens is 242 g/mol. The summed E-state index contributed by atoms with van der Waals surface area (Å²) < 4.78 is 25.7.